The summed E-state index contributed by atoms with van der Waals surface area (Å²) in [5.41, 5.74) is 8.76. The van der Waals surface area contributed by atoms with Crippen molar-refractivity contribution in [3.63, 3.8) is 0 Å². The van der Waals surface area contributed by atoms with Gasteiger partial charge in [-0.25, -0.2) is 0 Å². The molecule has 0 atom stereocenters. The van der Waals surface area contributed by atoms with Gasteiger partial charge in [0.15, 0.2) is 0 Å². The Balaban J connectivity index is 1.48. The number of ether oxygens (including phenoxy) is 1. The first-order valence-corrected chi connectivity index (χ1v) is 11.2. The molecule has 1 N–H and O–H groups in total. The SMILES string of the molecule is CCc1c(-c2ccc(O)cc2)c2c(COCCN3CCCCC3)cc3cccc1n32. The summed E-state index contributed by atoms with van der Waals surface area (Å²) in [6, 6.07) is 16.4. The predicted molar refractivity (Wildman–Crippen MR) is 123 cm³/mol. The molecule has 4 nitrogen and oxygen atoms in total. The smallest absolute Gasteiger partial charge is 0.115 e. The third-order valence-electron chi connectivity index (χ3n) is 6.49. The Morgan fingerprint density at radius 1 is 1.00 bits per heavy atom. The third kappa shape index (κ3) is 3.44. The van der Waals surface area contributed by atoms with Crippen molar-refractivity contribution in [3.8, 4) is 16.9 Å². The summed E-state index contributed by atoms with van der Waals surface area (Å²) in [7, 11) is 0. The Labute approximate surface area is 178 Å². The molecule has 0 bridgehead atoms. The molecule has 4 heterocycles. The number of likely N-dealkylation sites (tertiary alicyclic amines) is 1. The molecule has 156 valence electrons. The monoisotopic (exact) mass is 402 g/mol. The van der Waals surface area contributed by atoms with Gasteiger partial charge >= 0.3 is 0 Å². The molecule has 1 fully saturated rings. The van der Waals surface area contributed by atoms with Crippen molar-refractivity contribution in [3.05, 3.63) is 59.7 Å². The first kappa shape index (κ1) is 19.4. The van der Waals surface area contributed by atoms with Crippen LogP contribution in [0.2, 0.25) is 0 Å². The van der Waals surface area contributed by atoms with Gasteiger partial charge in [0.2, 0.25) is 0 Å². The number of phenols is 1. The lowest BCUT2D eigenvalue weighted by Crippen LogP contribution is -2.32. The topological polar surface area (TPSA) is 37.1 Å². The second-order valence-corrected chi connectivity index (χ2v) is 8.40. The van der Waals surface area contributed by atoms with E-state index in [0.717, 1.165) is 25.1 Å². The number of piperidine rings is 1. The van der Waals surface area contributed by atoms with Gasteiger partial charge in [-0.2, -0.15) is 0 Å². The van der Waals surface area contributed by atoms with Gasteiger partial charge in [0.1, 0.15) is 5.75 Å². The molecule has 4 heteroatoms. The zero-order valence-corrected chi connectivity index (χ0v) is 17.7. The highest BCUT2D eigenvalue weighted by Gasteiger charge is 2.21. The molecule has 0 saturated carbocycles. The molecule has 0 spiro atoms. The standard InChI is InChI=1S/C26H30N2O2/c1-2-23-24-8-6-7-21-17-20(18-30-16-15-27-13-4-3-5-14-27)26(28(21)24)25(23)19-9-11-22(29)12-10-19/h6-12,17,29H,2-5,13-16,18H2,1H3. The van der Waals surface area contributed by atoms with Crippen LogP contribution in [0.1, 0.15) is 37.3 Å². The van der Waals surface area contributed by atoms with Crippen LogP contribution in [0.25, 0.3) is 27.7 Å². The van der Waals surface area contributed by atoms with Crippen molar-refractivity contribution >= 4 is 16.6 Å². The van der Waals surface area contributed by atoms with Crippen molar-refractivity contribution in [2.45, 2.75) is 39.2 Å². The summed E-state index contributed by atoms with van der Waals surface area (Å²) in [5.74, 6) is 0.300. The highest BCUT2D eigenvalue weighted by molar-refractivity contribution is 5.97. The molecule has 1 aromatic carbocycles. The molecular formula is C26H30N2O2. The number of phenolic OH excluding ortho intramolecular Hbond substituents is 1. The molecule has 0 aliphatic carbocycles. The molecule has 1 aliphatic rings. The van der Waals surface area contributed by atoms with Gasteiger partial charge in [-0.1, -0.05) is 31.5 Å². The van der Waals surface area contributed by atoms with Crippen LogP contribution in [0, 0.1) is 0 Å². The van der Waals surface area contributed by atoms with Gasteiger partial charge in [0, 0.05) is 23.2 Å². The first-order chi connectivity index (χ1) is 14.8. The van der Waals surface area contributed by atoms with Crippen molar-refractivity contribution in [2.24, 2.45) is 0 Å². The Morgan fingerprint density at radius 2 is 1.80 bits per heavy atom. The quantitative estimate of drug-likeness (QED) is 0.417. The maximum atomic E-state index is 9.77. The lowest BCUT2D eigenvalue weighted by Gasteiger charge is -2.26. The van der Waals surface area contributed by atoms with Gasteiger partial charge in [0.05, 0.1) is 24.2 Å². The number of rotatable bonds is 7. The fraction of sp³-hybridized carbons (Fsp3) is 0.385. The van der Waals surface area contributed by atoms with E-state index in [9.17, 15) is 5.11 Å². The molecule has 3 aromatic heterocycles. The average molecular weight is 403 g/mol. The van der Waals surface area contributed by atoms with E-state index in [1.165, 1.54) is 65.6 Å². The fourth-order valence-corrected chi connectivity index (χ4v) is 5.02. The molecule has 5 rings (SSSR count). The zero-order chi connectivity index (χ0) is 20.5. The van der Waals surface area contributed by atoms with E-state index in [-0.39, 0.29) is 0 Å². The minimum atomic E-state index is 0.300. The number of benzene rings is 1. The summed E-state index contributed by atoms with van der Waals surface area (Å²) >= 11 is 0. The fourth-order valence-electron chi connectivity index (χ4n) is 5.02. The number of aromatic hydroxyl groups is 1. The number of aryl methyl sites for hydroxylation is 1. The van der Waals surface area contributed by atoms with Gasteiger partial charge < -0.3 is 19.1 Å². The van der Waals surface area contributed by atoms with E-state index >= 15 is 0 Å². The minimum absolute atomic E-state index is 0.300. The van der Waals surface area contributed by atoms with Gasteiger partial charge in [-0.05, 0) is 73.8 Å². The van der Waals surface area contributed by atoms with Gasteiger partial charge in [0.25, 0.3) is 0 Å². The summed E-state index contributed by atoms with van der Waals surface area (Å²) in [6.45, 7) is 7.06. The molecule has 1 aliphatic heterocycles. The lowest BCUT2D eigenvalue weighted by molar-refractivity contribution is 0.0870. The Morgan fingerprint density at radius 3 is 2.57 bits per heavy atom. The Bertz CT molecular complexity index is 1120. The van der Waals surface area contributed by atoms with E-state index in [0.29, 0.717) is 12.4 Å². The summed E-state index contributed by atoms with van der Waals surface area (Å²) in [4.78, 5) is 2.52. The Hall–Kier alpha value is -2.56. The maximum Gasteiger partial charge on any atom is 0.115 e. The molecule has 0 radical (unpaired) electrons. The highest BCUT2D eigenvalue weighted by atomic mass is 16.5. The molecule has 4 aromatic rings. The second-order valence-electron chi connectivity index (χ2n) is 8.40. The van der Waals surface area contributed by atoms with Crippen LogP contribution in [0.5, 0.6) is 5.75 Å². The van der Waals surface area contributed by atoms with E-state index < -0.39 is 0 Å². The van der Waals surface area contributed by atoms with Gasteiger partial charge in [-0.3, -0.25) is 0 Å². The number of pyridine rings is 1. The summed E-state index contributed by atoms with van der Waals surface area (Å²) in [6.07, 6.45) is 4.97. The van der Waals surface area contributed by atoms with Crippen molar-refractivity contribution in [1.82, 2.24) is 9.30 Å². The van der Waals surface area contributed by atoms with Crippen LogP contribution >= 0.6 is 0 Å². The molecule has 30 heavy (non-hydrogen) atoms. The number of nitrogens with zero attached hydrogens (tertiary/aromatic N) is 2. The maximum absolute atomic E-state index is 9.77. The van der Waals surface area contributed by atoms with Crippen LogP contribution in [0.15, 0.2) is 48.5 Å². The van der Waals surface area contributed by atoms with Crippen molar-refractivity contribution < 1.29 is 9.84 Å². The third-order valence-corrected chi connectivity index (χ3v) is 6.49. The van der Waals surface area contributed by atoms with Crippen LogP contribution in [-0.4, -0.2) is 40.6 Å². The van der Waals surface area contributed by atoms with Crippen LogP contribution in [-0.2, 0) is 17.8 Å². The number of hydrogen-bond donors (Lipinski definition) is 1. The molecule has 1 saturated heterocycles. The summed E-state index contributed by atoms with van der Waals surface area (Å²) < 4.78 is 8.55. The van der Waals surface area contributed by atoms with E-state index in [1.807, 2.05) is 12.1 Å². The highest BCUT2D eigenvalue weighted by Crippen LogP contribution is 2.40. The summed E-state index contributed by atoms with van der Waals surface area (Å²) in [5, 5.41) is 9.77. The van der Waals surface area contributed by atoms with E-state index in [2.05, 4.69) is 40.5 Å². The second kappa shape index (κ2) is 8.29. The van der Waals surface area contributed by atoms with Crippen molar-refractivity contribution in [2.75, 3.05) is 26.2 Å². The van der Waals surface area contributed by atoms with Gasteiger partial charge in [-0.15, -0.1) is 0 Å². The lowest BCUT2D eigenvalue weighted by atomic mass is 9.98. The molecule has 0 unspecified atom stereocenters. The average Bonchev–Trinajstić information content (AvgIpc) is 3.32. The van der Waals surface area contributed by atoms with Crippen LogP contribution in [0.4, 0.5) is 0 Å². The number of hydrogen-bond acceptors (Lipinski definition) is 3. The van der Waals surface area contributed by atoms with E-state index in [4.69, 9.17) is 4.74 Å². The molecular weight excluding hydrogens is 372 g/mol. The first-order valence-electron chi connectivity index (χ1n) is 11.2. The largest absolute Gasteiger partial charge is 0.508 e. The Kier molecular flexibility index (Phi) is 5.36. The van der Waals surface area contributed by atoms with Crippen LogP contribution < -0.4 is 0 Å². The predicted octanol–water partition coefficient (Wildman–Crippen LogP) is 5.47. The van der Waals surface area contributed by atoms with E-state index in [1.54, 1.807) is 12.1 Å². The number of aromatic nitrogens is 1. The minimum Gasteiger partial charge on any atom is -0.508 e. The van der Waals surface area contributed by atoms with Crippen LogP contribution in [0.3, 0.4) is 0 Å². The molecule has 0 amide bonds. The zero-order valence-electron chi connectivity index (χ0n) is 17.7. The normalized spacial score (nSPS) is 15.5. The van der Waals surface area contributed by atoms with Crippen molar-refractivity contribution in [1.29, 1.82) is 0 Å².